The van der Waals surface area contributed by atoms with Gasteiger partial charge in [0.05, 0.1) is 5.56 Å². The second kappa shape index (κ2) is 10.2. The molecule has 3 saturated heterocycles. The second-order valence-electron chi connectivity index (χ2n) is 10.8. The third-order valence-electron chi connectivity index (χ3n) is 8.25. The molecule has 0 saturated carbocycles. The van der Waals surface area contributed by atoms with Crippen molar-refractivity contribution in [3.8, 4) is 11.5 Å². The van der Waals surface area contributed by atoms with E-state index in [1.807, 2.05) is 17.0 Å². The highest BCUT2D eigenvalue weighted by atomic mass is 32.2. The van der Waals surface area contributed by atoms with E-state index in [2.05, 4.69) is 29.0 Å². The topological polar surface area (TPSA) is 113 Å². The van der Waals surface area contributed by atoms with E-state index >= 15 is 0 Å². The zero-order valence-electron chi connectivity index (χ0n) is 21.2. The average molecular weight is 517 g/mol. The van der Waals surface area contributed by atoms with E-state index in [4.69, 9.17) is 4.52 Å². The quantitative estimate of drug-likeness (QED) is 0.600. The minimum atomic E-state index is -3.43. The predicted molar refractivity (Wildman–Crippen MR) is 134 cm³/mol. The zero-order chi connectivity index (χ0) is 25.3. The lowest BCUT2D eigenvalue weighted by molar-refractivity contribution is -0.138. The first-order chi connectivity index (χ1) is 17.3. The van der Waals surface area contributed by atoms with Crippen LogP contribution in [0.15, 0.2) is 29.0 Å². The Labute approximate surface area is 213 Å². The second-order valence-corrected chi connectivity index (χ2v) is 12.7. The molecule has 0 unspecified atom stereocenters. The molecule has 5 rings (SSSR count). The summed E-state index contributed by atoms with van der Waals surface area (Å²) in [5.74, 6) is 1.72. The molecule has 196 valence electrons. The Morgan fingerprint density at radius 2 is 1.67 bits per heavy atom. The highest BCUT2D eigenvalue weighted by Gasteiger charge is 2.41. The van der Waals surface area contributed by atoms with Crippen LogP contribution in [0.5, 0.6) is 0 Å². The molecule has 36 heavy (non-hydrogen) atoms. The first-order valence-corrected chi connectivity index (χ1v) is 14.4. The maximum atomic E-state index is 13.3. The Morgan fingerprint density at radius 1 is 1.03 bits per heavy atom. The summed E-state index contributed by atoms with van der Waals surface area (Å²) in [4.78, 5) is 23.9. The van der Waals surface area contributed by atoms with Gasteiger partial charge in [-0.2, -0.15) is 22.0 Å². The van der Waals surface area contributed by atoms with Gasteiger partial charge in [-0.3, -0.25) is 9.78 Å². The predicted octanol–water partition coefficient (Wildman–Crippen LogP) is 2.70. The van der Waals surface area contributed by atoms with Crippen LogP contribution in [0.4, 0.5) is 0 Å². The summed E-state index contributed by atoms with van der Waals surface area (Å²) in [7, 11) is -3.43. The normalized spacial score (nSPS) is 23.1. The van der Waals surface area contributed by atoms with Crippen LogP contribution >= 0.6 is 0 Å². The van der Waals surface area contributed by atoms with Gasteiger partial charge < -0.3 is 9.42 Å². The summed E-state index contributed by atoms with van der Waals surface area (Å²) in [6.07, 6.45) is 7.89. The van der Waals surface area contributed by atoms with Crippen molar-refractivity contribution in [2.45, 2.75) is 57.8 Å². The molecule has 10 nitrogen and oxygen atoms in total. The fourth-order valence-electron chi connectivity index (χ4n) is 5.49. The molecule has 0 spiro atoms. The number of likely N-dealkylation sites (tertiary alicyclic amines) is 1. The fourth-order valence-corrected chi connectivity index (χ4v) is 7.16. The van der Waals surface area contributed by atoms with Crippen molar-refractivity contribution in [1.29, 1.82) is 0 Å². The molecule has 1 amide bonds. The molecule has 3 aliphatic rings. The number of carbonyl (C=O) groups excluding carboxylic acids is 1. The largest absolute Gasteiger partial charge is 0.342 e. The van der Waals surface area contributed by atoms with E-state index < -0.39 is 10.2 Å². The lowest BCUT2D eigenvalue weighted by Crippen LogP contribution is -2.52. The van der Waals surface area contributed by atoms with Gasteiger partial charge in [0, 0.05) is 63.0 Å². The van der Waals surface area contributed by atoms with Crippen molar-refractivity contribution in [2.24, 2.45) is 11.8 Å². The van der Waals surface area contributed by atoms with E-state index in [0.29, 0.717) is 69.7 Å². The number of rotatable bonds is 5. The summed E-state index contributed by atoms with van der Waals surface area (Å²) in [6, 6.07) is 3.72. The molecular weight excluding hydrogens is 480 g/mol. The van der Waals surface area contributed by atoms with Crippen LogP contribution in [0.3, 0.4) is 0 Å². The van der Waals surface area contributed by atoms with Crippen molar-refractivity contribution < 1.29 is 17.7 Å². The highest BCUT2D eigenvalue weighted by Crippen LogP contribution is 2.35. The molecule has 0 atom stereocenters. The number of piperidine rings is 3. The third kappa shape index (κ3) is 5.05. The van der Waals surface area contributed by atoms with Crippen molar-refractivity contribution >= 4 is 16.1 Å². The van der Waals surface area contributed by atoms with E-state index in [0.717, 1.165) is 31.2 Å². The van der Waals surface area contributed by atoms with Crippen molar-refractivity contribution in [1.82, 2.24) is 28.6 Å². The van der Waals surface area contributed by atoms with Gasteiger partial charge in [0.25, 0.3) is 16.1 Å². The van der Waals surface area contributed by atoms with Gasteiger partial charge in [-0.25, -0.2) is 0 Å². The molecule has 0 aromatic carbocycles. The van der Waals surface area contributed by atoms with Crippen LogP contribution < -0.4 is 0 Å². The summed E-state index contributed by atoms with van der Waals surface area (Å²) in [6.45, 7) is 7.58. The maximum absolute atomic E-state index is 13.3. The Bertz CT molecular complexity index is 1150. The van der Waals surface area contributed by atoms with Gasteiger partial charge in [-0.05, 0) is 56.6 Å². The molecule has 0 bridgehead atoms. The van der Waals surface area contributed by atoms with E-state index in [1.165, 1.54) is 0 Å². The van der Waals surface area contributed by atoms with Crippen molar-refractivity contribution in [3.05, 3.63) is 30.4 Å². The molecule has 11 heteroatoms. The number of hydrogen-bond acceptors (Lipinski definition) is 7. The molecule has 2 aromatic heterocycles. The Hall–Kier alpha value is -2.37. The molecule has 0 aliphatic carbocycles. The summed E-state index contributed by atoms with van der Waals surface area (Å²) < 4.78 is 34.8. The van der Waals surface area contributed by atoms with Crippen LogP contribution in [-0.4, -0.2) is 82.2 Å². The van der Waals surface area contributed by atoms with Gasteiger partial charge in [0.2, 0.25) is 5.91 Å². The first kappa shape index (κ1) is 25.3. The molecule has 5 heterocycles. The lowest BCUT2D eigenvalue weighted by Gasteiger charge is -2.41. The fraction of sp³-hybridized carbons (Fsp3) is 0.680. The van der Waals surface area contributed by atoms with Crippen LogP contribution in [0.25, 0.3) is 11.5 Å². The molecule has 0 N–H and O–H groups in total. The number of carbonyl (C=O) groups is 1. The molecule has 0 radical (unpaired) electrons. The van der Waals surface area contributed by atoms with Crippen LogP contribution in [0.2, 0.25) is 0 Å². The maximum Gasteiger partial charge on any atom is 0.281 e. The number of aromatic nitrogens is 3. The summed E-state index contributed by atoms with van der Waals surface area (Å²) in [5, 5.41) is 4.24. The van der Waals surface area contributed by atoms with Gasteiger partial charge in [0.15, 0.2) is 5.82 Å². The smallest absolute Gasteiger partial charge is 0.281 e. The van der Waals surface area contributed by atoms with Crippen molar-refractivity contribution in [3.63, 3.8) is 0 Å². The highest BCUT2D eigenvalue weighted by molar-refractivity contribution is 7.86. The standard InChI is InChI=1S/C25H36N6O4S/c1-19-5-12-30(13-6-19)36(33,34)31-14-7-20(8-15-31)23(32)29-16-9-25(2,10-17-29)24-27-22(35-28-24)21-4-3-11-26-18-21/h3-4,11,18-20H,5-10,12-17H2,1-2H3. The minimum Gasteiger partial charge on any atom is -0.342 e. The van der Waals surface area contributed by atoms with E-state index in [-0.39, 0.29) is 17.2 Å². The SMILES string of the molecule is CC1CCN(S(=O)(=O)N2CCC(C(=O)N3CCC(C)(c4noc(-c5cccnc5)n4)CC3)CC2)CC1. The number of hydrogen-bond donors (Lipinski definition) is 0. The first-order valence-electron chi connectivity index (χ1n) is 13.0. The Morgan fingerprint density at radius 3 is 2.28 bits per heavy atom. The average Bonchev–Trinajstić information content (AvgIpc) is 3.41. The molecule has 2 aromatic rings. The summed E-state index contributed by atoms with van der Waals surface area (Å²) in [5.41, 5.74) is 0.528. The summed E-state index contributed by atoms with van der Waals surface area (Å²) >= 11 is 0. The Kier molecular flexibility index (Phi) is 7.15. The van der Waals surface area contributed by atoms with E-state index in [9.17, 15) is 13.2 Å². The molecule has 3 aliphatic heterocycles. The van der Waals surface area contributed by atoms with Crippen LogP contribution in [0.1, 0.15) is 58.2 Å². The van der Waals surface area contributed by atoms with Gasteiger partial charge >= 0.3 is 0 Å². The third-order valence-corrected chi connectivity index (χ3v) is 10.3. The monoisotopic (exact) mass is 516 g/mol. The Balaban J connectivity index is 1.14. The zero-order valence-corrected chi connectivity index (χ0v) is 22.0. The van der Waals surface area contributed by atoms with Crippen LogP contribution in [0, 0.1) is 11.8 Å². The number of pyridine rings is 1. The lowest BCUT2D eigenvalue weighted by atomic mass is 9.79. The van der Waals surface area contributed by atoms with Crippen LogP contribution in [-0.2, 0) is 20.4 Å². The molecular formula is C25H36N6O4S. The van der Waals surface area contributed by atoms with Crippen molar-refractivity contribution in [2.75, 3.05) is 39.3 Å². The number of amides is 1. The van der Waals surface area contributed by atoms with E-state index in [1.54, 1.807) is 21.0 Å². The molecule has 3 fully saturated rings. The van der Waals surface area contributed by atoms with Gasteiger partial charge in [-0.1, -0.05) is 19.0 Å². The number of nitrogens with zero attached hydrogens (tertiary/aromatic N) is 6. The van der Waals surface area contributed by atoms with Gasteiger partial charge in [-0.15, -0.1) is 0 Å². The van der Waals surface area contributed by atoms with Gasteiger partial charge in [0.1, 0.15) is 0 Å². The minimum absolute atomic E-state index is 0.121.